The Labute approximate surface area is 128 Å². The van der Waals surface area contributed by atoms with Crippen molar-refractivity contribution >= 4 is 5.97 Å². The monoisotopic (exact) mass is 298 g/mol. The van der Waals surface area contributed by atoms with E-state index in [0.29, 0.717) is 12.6 Å². The minimum Gasteiger partial charge on any atom is -0.468 e. The molecule has 2 aliphatic rings. The molecule has 21 heavy (non-hydrogen) atoms. The third kappa shape index (κ3) is 4.41. The quantitative estimate of drug-likeness (QED) is 0.781. The molecule has 1 unspecified atom stereocenters. The van der Waals surface area contributed by atoms with Crippen molar-refractivity contribution in [3.8, 4) is 0 Å². The smallest absolute Gasteiger partial charge is 0.327 e. The van der Waals surface area contributed by atoms with Gasteiger partial charge in [0.1, 0.15) is 5.54 Å². The van der Waals surface area contributed by atoms with Crippen molar-refractivity contribution in [1.82, 2.24) is 10.2 Å². The molecule has 1 N–H and O–H groups in total. The summed E-state index contributed by atoms with van der Waals surface area (Å²) in [7, 11) is 1.46. The Morgan fingerprint density at radius 2 is 1.81 bits per heavy atom. The van der Waals surface area contributed by atoms with Crippen LogP contribution >= 0.6 is 0 Å². The molecule has 122 valence electrons. The van der Waals surface area contributed by atoms with Gasteiger partial charge in [0.2, 0.25) is 0 Å². The molecule has 1 atom stereocenters. The van der Waals surface area contributed by atoms with Gasteiger partial charge < -0.3 is 9.47 Å². The van der Waals surface area contributed by atoms with Crippen molar-refractivity contribution in [2.75, 3.05) is 26.7 Å². The van der Waals surface area contributed by atoms with Gasteiger partial charge in [0.15, 0.2) is 0 Å². The lowest BCUT2D eigenvalue weighted by molar-refractivity contribution is -0.185. The maximum Gasteiger partial charge on any atom is 0.327 e. The first kappa shape index (κ1) is 16.7. The Morgan fingerprint density at radius 3 is 2.24 bits per heavy atom. The highest BCUT2D eigenvalue weighted by molar-refractivity contribution is 5.80. The summed E-state index contributed by atoms with van der Waals surface area (Å²) in [5.74, 6) is -0.184. The van der Waals surface area contributed by atoms with Crippen LogP contribution in [0.25, 0.3) is 0 Å². The molecule has 0 bridgehead atoms. The largest absolute Gasteiger partial charge is 0.468 e. The van der Waals surface area contributed by atoms with Crippen molar-refractivity contribution in [1.29, 1.82) is 0 Å². The molecule has 1 aliphatic heterocycles. The van der Waals surface area contributed by atoms with Crippen molar-refractivity contribution in [3.05, 3.63) is 0 Å². The highest BCUT2D eigenvalue weighted by Crippen LogP contribution is 2.30. The van der Waals surface area contributed by atoms with Crippen LogP contribution in [-0.4, -0.2) is 60.4 Å². The Hall–Kier alpha value is -0.650. The molecule has 1 heterocycles. The lowest BCUT2D eigenvalue weighted by atomic mass is 9.95. The maximum atomic E-state index is 12.3. The molecule has 0 aromatic heterocycles. The normalized spacial score (nSPS) is 27.9. The zero-order valence-electron chi connectivity index (χ0n) is 14.3. The number of morpholine rings is 1. The van der Waals surface area contributed by atoms with Crippen LogP contribution in [0.2, 0.25) is 0 Å². The van der Waals surface area contributed by atoms with Gasteiger partial charge >= 0.3 is 5.97 Å². The second kappa shape index (κ2) is 5.52. The standard InChI is InChI=1S/C16H30N2O3/c1-14(2)9-18(10-15(3,4)21-14)11-16(5,13(19)20-6)17-12-7-8-12/h12,17H,7-11H2,1-6H3. The summed E-state index contributed by atoms with van der Waals surface area (Å²) in [4.78, 5) is 14.6. The third-order valence-corrected chi connectivity index (χ3v) is 4.04. The highest BCUT2D eigenvalue weighted by Gasteiger charge is 2.45. The van der Waals surface area contributed by atoms with Crippen LogP contribution in [0, 0.1) is 0 Å². The first-order chi connectivity index (χ1) is 9.55. The number of carbonyl (C=O) groups is 1. The maximum absolute atomic E-state index is 12.3. The number of rotatable bonds is 5. The summed E-state index contributed by atoms with van der Waals surface area (Å²) in [5.41, 5.74) is -1.07. The van der Waals surface area contributed by atoms with E-state index < -0.39 is 5.54 Å². The van der Waals surface area contributed by atoms with Crippen molar-refractivity contribution in [2.45, 2.75) is 70.2 Å². The van der Waals surface area contributed by atoms with Gasteiger partial charge in [0.25, 0.3) is 0 Å². The molecule has 5 heteroatoms. The molecule has 1 saturated heterocycles. The van der Waals surface area contributed by atoms with E-state index in [4.69, 9.17) is 9.47 Å². The van der Waals surface area contributed by atoms with Gasteiger partial charge in [0, 0.05) is 25.7 Å². The van der Waals surface area contributed by atoms with Crippen molar-refractivity contribution in [2.24, 2.45) is 0 Å². The number of esters is 1. The van der Waals surface area contributed by atoms with Gasteiger partial charge in [-0.2, -0.15) is 0 Å². The van der Waals surface area contributed by atoms with Crippen LogP contribution < -0.4 is 5.32 Å². The average Bonchev–Trinajstić information content (AvgIpc) is 3.06. The van der Waals surface area contributed by atoms with Crippen LogP contribution in [0.3, 0.4) is 0 Å². The molecule has 1 saturated carbocycles. The van der Waals surface area contributed by atoms with E-state index in [-0.39, 0.29) is 17.2 Å². The summed E-state index contributed by atoms with van der Waals surface area (Å²) in [6.07, 6.45) is 2.29. The summed E-state index contributed by atoms with van der Waals surface area (Å²) >= 11 is 0. The highest BCUT2D eigenvalue weighted by atomic mass is 16.5. The number of nitrogens with zero attached hydrogens (tertiary/aromatic N) is 1. The summed E-state index contributed by atoms with van der Waals surface area (Å²) in [6, 6.07) is 0.455. The topological polar surface area (TPSA) is 50.8 Å². The van der Waals surface area contributed by atoms with Gasteiger partial charge in [-0.3, -0.25) is 15.0 Å². The van der Waals surface area contributed by atoms with Crippen LogP contribution in [0.1, 0.15) is 47.5 Å². The second-order valence-corrected chi connectivity index (χ2v) is 8.01. The van der Waals surface area contributed by atoms with Crippen molar-refractivity contribution < 1.29 is 14.3 Å². The zero-order valence-corrected chi connectivity index (χ0v) is 14.3. The average molecular weight is 298 g/mol. The summed E-state index contributed by atoms with van der Waals surface area (Å²) < 4.78 is 11.1. The van der Waals surface area contributed by atoms with Crippen LogP contribution in [0.4, 0.5) is 0 Å². The SMILES string of the molecule is COC(=O)C(C)(CN1CC(C)(C)OC(C)(C)C1)NC1CC1. The molecule has 1 aliphatic carbocycles. The molecule has 5 nitrogen and oxygen atoms in total. The zero-order chi connectivity index (χ0) is 15.9. The first-order valence-corrected chi connectivity index (χ1v) is 7.84. The fourth-order valence-electron chi connectivity index (χ4n) is 3.58. The number of ether oxygens (including phenoxy) is 2. The van der Waals surface area contributed by atoms with Crippen LogP contribution in [0.15, 0.2) is 0 Å². The molecule has 0 spiro atoms. The van der Waals surface area contributed by atoms with E-state index in [0.717, 1.165) is 25.9 Å². The second-order valence-electron chi connectivity index (χ2n) is 8.01. The fourth-order valence-corrected chi connectivity index (χ4v) is 3.58. The summed E-state index contributed by atoms with van der Waals surface area (Å²) in [6.45, 7) is 12.6. The molecule has 0 radical (unpaired) electrons. The van der Waals surface area contributed by atoms with Gasteiger partial charge in [-0.25, -0.2) is 0 Å². The number of carbonyl (C=O) groups excluding carboxylic acids is 1. The Balaban J connectivity index is 2.10. The molecule has 0 amide bonds. The van der Waals surface area contributed by atoms with Crippen LogP contribution in [0.5, 0.6) is 0 Å². The molecular weight excluding hydrogens is 268 g/mol. The van der Waals surface area contributed by atoms with E-state index >= 15 is 0 Å². The Bertz CT molecular complexity index is 388. The fraction of sp³-hybridized carbons (Fsp3) is 0.938. The first-order valence-electron chi connectivity index (χ1n) is 7.84. The predicted molar refractivity (Wildman–Crippen MR) is 82.3 cm³/mol. The molecule has 0 aromatic rings. The number of methoxy groups -OCH3 is 1. The Kier molecular flexibility index (Phi) is 4.40. The molecule has 2 rings (SSSR count). The Morgan fingerprint density at radius 1 is 1.29 bits per heavy atom. The van der Waals surface area contributed by atoms with E-state index in [1.165, 1.54) is 7.11 Å². The van der Waals surface area contributed by atoms with Crippen LogP contribution in [-0.2, 0) is 14.3 Å². The lowest BCUT2D eigenvalue weighted by Gasteiger charge is -2.49. The molecule has 0 aromatic carbocycles. The number of hydrogen-bond donors (Lipinski definition) is 1. The van der Waals surface area contributed by atoms with E-state index in [1.807, 2.05) is 6.92 Å². The molecule has 2 fully saturated rings. The van der Waals surface area contributed by atoms with Crippen molar-refractivity contribution in [3.63, 3.8) is 0 Å². The van der Waals surface area contributed by atoms with Gasteiger partial charge in [-0.1, -0.05) is 0 Å². The third-order valence-electron chi connectivity index (χ3n) is 4.04. The predicted octanol–water partition coefficient (Wildman–Crippen LogP) is 1.56. The van der Waals surface area contributed by atoms with Gasteiger partial charge in [-0.05, 0) is 47.5 Å². The number of nitrogens with one attached hydrogen (secondary N) is 1. The lowest BCUT2D eigenvalue weighted by Crippen LogP contribution is -2.64. The minimum atomic E-state index is -0.653. The van der Waals surface area contributed by atoms with E-state index in [9.17, 15) is 4.79 Å². The summed E-state index contributed by atoms with van der Waals surface area (Å²) in [5, 5.41) is 3.46. The van der Waals surface area contributed by atoms with Gasteiger partial charge in [-0.15, -0.1) is 0 Å². The number of hydrogen-bond acceptors (Lipinski definition) is 5. The minimum absolute atomic E-state index is 0.184. The van der Waals surface area contributed by atoms with E-state index in [1.54, 1.807) is 0 Å². The molecular formula is C16H30N2O3. The van der Waals surface area contributed by atoms with E-state index in [2.05, 4.69) is 37.9 Å². The van der Waals surface area contributed by atoms with Gasteiger partial charge in [0.05, 0.1) is 18.3 Å².